The summed E-state index contributed by atoms with van der Waals surface area (Å²) in [5.74, 6) is -0.767. The zero-order valence-corrected chi connectivity index (χ0v) is 16.9. The molecule has 2 heterocycles. The number of rotatable bonds is 7. The first-order chi connectivity index (χ1) is 13.4. The molecule has 1 aromatic heterocycles. The highest BCUT2D eigenvalue weighted by molar-refractivity contribution is 6.30. The van der Waals surface area contributed by atoms with Gasteiger partial charge in [-0.05, 0) is 56.5 Å². The maximum Gasteiger partial charge on any atom is 0.331 e. The minimum Gasteiger partial charge on any atom is -0.454 e. The van der Waals surface area contributed by atoms with Crippen LogP contribution in [0.25, 0.3) is 6.08 Å². The third kappa shape index (κ3) is 5.12. The van der Waals surface area contributed by atoms with Crippen LogP contribution in [0.2, 0.25) is 5.02 Å². The van der Waals surface area contributed by atoms with Gasteiger partial charge < -0.3 is 14.0 Å². The third-order valence-corrected chi connectivity index (χ3v) is 5.16. The molecule has 0 spiro atoms. The fourth-order valence-electron chi connectivity index (χ4n) is 3.36. The highest BCUT2D eigenvalue weighted by Crippen LogP contribution is 2.21. The van der Waals surface area contributed by atoms with Crippen molar-refractivity contribution in [3.8, 4) is 0 Å². The fourth-order valence-corrected chi connectivity index (χ4v) is 3.48. The van der Waals surface area contributed by atoms with Crippen LogP contribution in [0.5, 0.6) is 0 Å². The summed E-state index contributed by atoms with van der Waals surface area (Å²) < 4.78 is 12.9. The van der Waals surface area contributed by atoms with Gasteiger partial charge in [0.2, 0.25) is 5.78 Å². The molecule has 0 amide bonds. The highest BCUT2D eigenvalue weighted by atomic mass is 35.5. The van der Waals surface area contributed by atoms with Crippen LogP contribution < -0.4 is 0 Å². The predicted octanol–water partition coefficient (Wildman–Crippen LogP) is 4.38. The summed E-state index contributed by atoms with van der Waals surface area (Å²) in [5.41, 5.74) is 3.30. The molecule has 1 aliphatic rings. The summed E-state index contributed by atoms with van der Waals surface area (Å²) in [6.45, 7) is 5.15. The largest absolute Gasteiger partial charge is 0.454 e. The second-order valence-corrected chi connectivity index (χ2v) is 7.38. The van der Waals surface area contributed by atoms with E-state index in [4.69, 9.17) is 21.1 Å². The van der Waals surface area contributed by atoms with Crippen LogP contribution in [0, 0.1) is 13.8 Å². The molecule has 0 unspecified atom stereocenters. The van der Waals surface area contributed by atoms with Gasteiger partial charge in [-0.1, -0.05) is 23.7 Å². The molecule has 5 nitrogen and oxygen atoms in total. The van der Waals surface area contributed by atoms with Gasteiger partial charge in [0.15, 0.2) is 6.61 Å². The van der Waals surface area contributed by atoms with Crippen molar-refractivity contribution < 1.29 is 19.1 Å². The van der Waals surface area contributed by atoms with Crippen molar-refractivity contribution in [2.75, 3.05) is 13.2 Å². The third-order valence-electron chi connectivity index (χ3n) is 4.91. The number of carbonyl (C=O) groups excluding carboxylic acids is 2. The van der Waals surface area contributed by atoms with E-state index in [1.807, 2.05) is 19.9 Å². The Bertz CT molecular complexity index is 877. The molecule has 0 radical (unpaired) electrons. The van der Waals surface area contributed by atoms with Gasteiger partial charge in [-0.3, -0.25) is 4.79 Å². The number of hydrogen-bond acceptors (Lipinski definition) is 4. The molecule has 148 valence electrons. The maximum absolute atomic E-state index is 12.5. The van der Waals surface area contributed by atoms with E-state index in [9.17, 15) is 9.59 Å². The summed E-state index contributed by atoms with van der Waals surface area (Å²) in [4.78, 5) is 24.4. The monoisotopic (exact) mass is 401 g/mol. The number of Topliss-reactive ketones (excluding diaryl/α,β-unsaturated/α-hetero) is 1. The summed E-state index contributed by atoms with van der Waals surface area (Å²) in [5, 5.41) is 0.627. The van der Waals surface area contributed by atoms with Gasteiger partial charge in [0.1, 0.15) is 0 Å². The van der Waals surface area contributed by atoms with Crippen molar-refractivity contribution >= 4 is 29.4 Å². The number of aryl methyl sites for hydroxylation is 1. The molecule has 6 heteroatoms. The van der Waals surface area contributed by atoms with E-state index in [1.54, 1.807) is 30.3 Å². The minimum atomic E-state index is -0.559. The Kier molecular flexibility index (Phi) is 6.70. The lowest BCUT2D eigenvalue weighted by atomic mass is 10.1. The van der Waals surface area contributed by atoms with Crippen LogP contribution in [0.15, 0.2) is 36.4 Å². The quantitative estimate of drug-likeness (QED) is 0.392. The number of esters is 1. The van der Waals surface area contributed by atoms with Crippen molar-refractivity contribution in [3.63, 3.8) is 0 Å². The molecule has 1 atom stereocenters. The van der Waals surface area contributed by atoms with Crippen LogP contribution in [-0.2, 0) is 20.8 Å². The smallest absolute Gasteiger partial charge is 0.331 e. The normalized spacial score (nSPS) is 16.6. The SMILES string of the molecule is Cc1cc(C(=O)COC(=O)/C=C/c2ccc(Cl)cc2)c(C)n1C[C@H]1CCCO1. The number of nitrogens with zero attached hydrogens (tertiary/aromatic N) is 1. The minimum absolute atomic E-state index is 0.198. The first kappa shape index (κ1) is 20.4. The van der Waals surface area contributed by atoms with Gasteiger partial charge in [0.25, 0.3) is 0 Å². The van der Waals surface area contributed by atoms with Crippen LogP contribution in [-0.4, -0.2) is 35.6 Å². The first-order valence-corrected chi connectivity index (χ1v) is 9.74. The zero-order valence-electron chi connectivity index (χ0n) is 16.1. The van der Waals surface area contributed by atoms with E-state index in [0.29, 0.717) is 10.6 Å². The molecule has 2 aromatic rings. The predicted molar refractivity (Wildman–Crippen MR) is 109 cm³/mol. The van der Waals surface area contributed by atoms with Crippen molar-refractivity contribution in [3.05, 3.63) is 63.9 Å². The fraction of sp³-hybridized carbons (Fsp3) is 0.364. The second-order valence-electron chi connectivity index (χ2n) is 6.95. The van der Waals surface area contributed by atoms with Crippen molar-refractivity contribution in [1.82, 2.24) is 4.57 Å². The van der Waals surface area contributed by atoms with Crippen LogP contribution in [0.4, 0.5) is 0 Å². The molecule has 0 aliphatic carbocycles. The number of aromatic nitrogens is 1. The molecule has 1 saturated heterocycles. The standard InChI is InChI=1S/C22H24ClNO4/c1-15-12-20(16(2)24(15)13-19-4-3-11-27-19)21(25)14-28-22(26)10-7-17-5-8-18(23)9-6-17/h5-10,12,19H,3-4,11,13-14H2,1-2H3/b10-7+/t19-/m1/s1. The van der Waals surface area contributed by atoms with Gasteiger partial charge >= 0.3 is 5.97 Å². The van der Waals surface area contributed by atoms with E-state index >= 15 is 0 Å². The van der Waals surface area contributed by atoms with Crippen LogP contribution in [0.3, 0.4) is 0 Å². The molecule has 3 rings (SSSR count). The highest BCUT2D eigenvalue weighted by Gasteiger charge is 2.21. The number of ketones is 1. The molecular formula is C22H24ClNO4. The molecule has 1 fully saturated rings. The topological polar surface area (TPSA) is 57.5 Å². The summed E-state index contributed by atoms with van der Waals surface area (Å²) >= 11 is 5.83. The number of ether oxygens (including phenoxy) is 2. The number of halogens is 1. The van der Waals surface area contributed by atoms with Gasteiger partial charge in [-0.2, -0.15) is 0 Å². The van der Waals surface area contributed by atoms with E-state index in [-0.39, 0.29) is 18.5 Å². The lowest BCUT2D eigenvalue weighted by Crippen LogP contribution is -2.18. The number of hydrogen-bond donors (Lipinski definition) is 0. The Morgan fingerprint density at radius 3 is 2.71 bits per heavy atom. The lowest BCUT2D eigenvalue weighted by Gasteiger charge is -2.14. The Morgan fingerprint density at radius 1 is 1.29 bits per heavy atom. The Balaban J connectivity index is 1.57. The molecule has 0 saturated carbocycles. The van der Waals surface area contributed by atoms with E-state index < -0.39 is 5.97 Å². The van der Waals surface area contributed by atoms with Gasteiger partial charge in [0, 0.05) is 41.2 Å². The van der Waals surface area contributed by atoms with E-state index in [2.05, 4.69) is 4.57 Å². The second kappa shape index (κ2) is 9.22. The molecule has 0 N–H and O–H groups in total. The average molecular weight is 402 g/mol. The summed E-state index contributed by atoms with van der Waals surface area (Å²) in [6, 6.07) is 8.91. The lowest BCUT2D eigenvalue weighted by molar-refractivity contribution is -0.136. The summed E-state index contributed by atoms with van der Waals surface area (Å²) in [7, 11) is 0. The van der Waals surface area contributed by atoms with E-state index in [1.165, 1.54) is 6.08 Å². The van der Waals surface area contributed by atoms with Gasteiger partial charge in [0.05, 0.1) is 6.10 Å². The Morgan fingerprint density at radius 2 is 2.04 bits per heavy atom. The van der Waals surface area contributed by atoms with Gasteiger partial charge in [-0.15, -0.1) is 0 Å². The van der Waals surface area contributed by atoms with Crippen molar-refractivity contribution in [1.29, 1.82) is 0 Å². The van der Waals surface area contributed by atoms with E-state index in [0.717, 1.165) is 42.9 Å². The molecule has 28 heavy (non-hydrogen) atoms. The Hall–Kier alpha value is -2.37. The molecular weight excluding hydrogens is 378 g/mol. The summed E-state index contributed by atoms with van der Waals surface area (Å²) in [6.07, 6.45) is 5.24. The van der Waals surface area contributed by atoms with Crippen molar-refractivity contribution in [2.24, 2.45) is 0 Å². The molecule has 1 aromatic carbocycles. The molecule has 1 aliphatic heterocycles. The average Bonchev–Trinajstić information content (AvgIpc) is 3.29. The maximum atomic E-state index is 12.5. The van der Waals surface area contributed by atoms with Gasteiger partial charge in [-0.25, -0.2) is 4.79 Å². The van der Waals surface area contributed by atoms with Crippen LogP contribution >= 0.6 is 11.6 Å². The number of benzene rings is 1. The molecule has 0 bridgehead atoms. The number of carbonyl (C=O) groups is 2. The van der Waals surface area contributed by atoms with Crippen molar-refractivity contribution in [2.45, 2.75) is 39.3 Å². The first-order valence-electron chi connectivity index (χ1n) is 9.36. The zero-order chi connectivity index (χ0) is 20.1. The Labute approximate surface area is 169 Å². The van der Waals surface area contributed by atoms with Crippen LogP contribution in [0.1, 0.15) is 40.2 Å².